The van der Waals surface area contributed by atoms with E-state index in [1.807, 2.05) is 12.3 Å². The van der Waals surface area contributed by atoms with Crippen LogP contribution in [0.5, 0.6) is 0 Å². The van der Waals surface area contributed by atoms with Gasteiger partial charge in [-0.2, -0.15) is 15.3 Å². The first kappa shape index (κ1) is 11.3. The van der Waals surface area contributed by atoms with E-state index in [-0.39, 0.29) is 6.29 Å². The van der Waals surface area contributed by atoms with Crippen LogP contribution in [0.4, 0.5) is 0 Å². The van der Waals surface area contributed by atoms with Crippen LogP contribution in [0, 0.1) is 0 Å². The summed E-state index contributed by atoms with van der Waals surface area (Å²) in [7, 11) is 0. The molecule has 0 spiro atoms. The first-order valence-corrected chi connectivity index (χ1v) is 5.90. The third-order valence-electron chi connectivity index (χ3n) is 2.39. The van der Waals surface area contributed by atoms with Crippen molar-refractivity contribution in [1.82, 2.24) is 29.3 Å². The molecule has 0 amide bonds. The van der Waals surface area contributed by atoms with Gasteiger partial charge < -0.3 is 0 Å². The smallest absolute Gasteiger partial charge is 0.227 e. The van der Waals surface area contributed by atoms with Gasteiger partial charge in [-0.15, -0.1) is 0 Å². The molecule has 92 valence electrons. The van der Waals surface area contributed by atoms with Gasteiger partial charge in [0, 0.05) is 24.8 Å². The average Bonchev–Trinajstić information content (AvgIpc) is 3.04. The van der Waals surface area contributed by atoms with Gasteiger partial charge in [-0.25, -0.2) is 14.0 Å². The summed E-state index contributed by atoms with van der Waals surface area (Å²) in [6.07, 6.45) is 6.63. The summed E-state index contributed by atoms with van der Waals surface area (Å²) in [6.45, 7) is 0. The van der Waals surface area contributed by atoms with Gasteiger partial charge in [0.1, 0.15) is 0 Å². The molecule has 0 saturated heterocycles. The van der Waals surface area contributed by atoms with E-state index < -0.39 is 0 Å². The molecule has 8 heteroatoms. The number of hydrogen-bond acceptors (Lipinski definition) is 3. The van der Waals surface area contributed by atoms with Gasteiger partial charge in [0.2, 0.25) is 6.29 Å². The highest BCUT2D eigenvalue weighted by atomic mass is 35.5. The van der Waals surface area contributed by atoms with Crippen LogP contribution in [0.1, 0.15) is 6.29 Å². The summed E-state index contributed by atoms with van der Waals surface area (Å²) in [5.41, 5.74) is 0. The number of nitrogens with zero attached hydrogens (tertiary/aromatic N) is 6. The van der Waals surface area contributed by atoms with E-state index in [9.17, 15) is 0 Å². The second-order valence-corrected chi connectivity index (χ2v) is 4.34. The van der Waals surface area contributed by atoms with E-state index >= 15 is 0 Å². The van der Waals surface area contributed by atoms with Crippen LogP contribution in [-0.4, -0.2) is 29.3 Å². The molecule has 0 aliphatic carbocycles. The zero-order valence-corrected chi connectivity index (χ0v) is 10.6. The molecular formula is C10H8Cl2N6. The van der Waals surface area contributed by atoms with Crippen molar-refractivity contribution in [2.45, 2.75) is 6.29 Å². The molecule has 0 saturated carbocycles. The number of hydrogen-bond donors (Lipinski definition) is 0. The maximum Gasteiger partial charge on any atom is 0.238 e. The van der Waals surface area contributed by atoms with Crippen molar-refractivity contribution < 1.29 is 0 Å². The van der Waals surface area contributed by atoms with Crippen LogP contribution in [0.3, 0.4) is 0 Å². The molecule has 18 heavy (non-hydrogen) atoms. The fourth-order valence-corrected chi connectivity index (χ4v) is 1.96. The van der Waals surface area contributed by atoms with Crippen molar-refractivity contribution >= 4 is 23.2 Å². The average molecular weight is 283 g/mol. The summed E-state index contributed by atoms with van der Waals surface area (Å²) >= 11 is 11.7. The highest BCUT2D eigenvalue weighted by Gasteiger charge is 2.17. The molecule has 3 rings (SSSR count). The van der Waals surface area contributed by atoms with Crippen LogP contribution in [0.15, 0.2) is 43.0 Å². The Morgan fingerprint density at radius 1 is 0.889 bits per heavy atom. The van der Waals surface area contributed by atoms with Crippen molar-refractivity contribution in [1.29, 1.82) is 0 Å². The van der Waals surface area contributed by atoms with Gasteiger partial charge in [-0.1, -0.05) is 23.2 Å². The molecule has 3 aromatic heterocycles. The molecule has 0 unspecified atom stereocenters. The van der Waals surface area contributed by atoms with Gasteiger partial charge in [-0.3, -0.25) is 0 Å². The lowest BCUT2D eigenvalue weighted by Crippen LogP contribution is -2.27. The fraction of sp³-hybridized carbons (Fsp3) is 0.100. The molecule has 0 aromatic carbocycles. The number of rotatable bonds is 3. The third kappa shape index (κ3) is 2.00. The summed E-state index contributed by atoms with van der Waals surface area (Å²) in [4.78, 5) is 0. The largest absolute Gasteiger partial charge is 0.238 e. The summed E-state index contributed by atoms with van der Waals surface area (Å²) in [5, 5.41) is 13.4. The lowest BCUT2D eigenvalue weighted by Gasteiger charge is -2.18. The SMILES string of the molecule is Clc1ccn(C(n2cccn2)n2ccc(Cl)n2)n1. The summed E-state index contributed by atoms with van der Waals surface area (Å²) in [5.74, 6) is 0. The minimum atomic E-state index is -0.375. The Labute approximate surface area is 112 Å². The first-order chi connectivity index (χ1) is 8.74. The Hall–Kier alpha value is -1.79. The highest BCUT2D eigenvalue weighted by molar-refractivity contribution is 6.29. The Bertz CT molecular complexity index is 601. The van der Waals surface area contributed by atoms with E-state index in [1.54, 1.807) is 44.8 Å². The van der Waals surface area contributed by atoms with Crippen LogP contribution in [0.25, 0.3) is 0 Å². The Morgan fingerprint density at radius 2 is 1.50 bits per heavy atom. The van der Waals surface area contributed by atoms with Gasteiger partial charge >= 0.3 is 0 Å². The van der Waals surface area contributed by atoms with Gasteiger partial charge in [-0.05, 0) is 18.2 Å². The standard InChI is InChI=1S/C10H8Cl2N6/c11-8-2-6-17(14-8)10(16-5-1-4-13-16)18-7-3-9(12)15-18/h1-7,10H. The van der Waals surface area contributed by atoms with E-state index in [4.69, 9.17) is 23.2 Å². The Kier molecular flexibility index (Phi) is 2.81. The van der Waals surface area contributed by atoms with Crippen molar-refractivity contribution in [3.63, 3.8) is 0 Å². The minimum Gasteiger partial charge on any atom is -0.227 e. The molecule has 0 aliphatic rings. The van der Waals surface area contributed by atoms with Crippen molar-refractivity contribution in [3.8, 4) is 0 Å². The van der Waals surface area contributed by atoms with E-state index in [0.29, 0.717) is 10.3 Å². The third-order valence-corrected chi connectivity index (χ3v) is 2.79. The van der Waals surface area contributed by atoms with Crippen molar-refractivity contribution in [3.05, 3.63) is 53.3 Å². The van der Waals surface area contributed by atoms with Gasteiger partial charge in [0.05, 0.1) is 0 Å². The van der Waals surface area contributed by atoms with Crippen LogP contribution < -0.4 is 0 Å². The molecule has 0 aliphatic heterocycles. The number of halogens is 2. The minimum absolute atomic E-state index is 0.375. The molecule has 3 aromatic rings. The number of aromatic nitrogens is 6. The lowest BCUT2D eigenvalue weighted by molar-refractivity contribution is 0.284. The van der Waals surface area contributed by atoms with E-state index in [1.165, 1.54) is 0 Å². The summed E-state index contributed by atoms with van der Waals surface area (Å²) in [6, 6.07) is 5.22. The molecule has 0 N–H and O–H groups in total. The van der Waals surface area contributed by atoms with E-state index in [0.717, 1.165) is 0 Å². The van der Waals surface area contributed by atoms with Crippen LogP contribution in [-0.2, 0) is 0 Å². The zero-order valence-electron chi connectivity index (χ0n) is 9.06. The predicted octanol–water partition coefficient (Wildman–Crippen LogP) is 2.14. The highest BCUT2D eigenvalue weighted by Crippen LogP contribution is 2.15. The maximum absolute atomic E-state index is 5.84. The van der Waals surface area contributed by atoms with E-state index in [2.05, 4.69) is 15.3 Å². The summed E-state index contributed by atoms with van der Waals surface area (Å²) < 4.78 is 5.00. The van der Waals surface area contributed by atoms with Crippen molar-refractivity contribution in [2.75, 3.05) is 0 Å². The van der Waals surface area contributed by atoms with Gasteiger partial charge in [0.15, 0.2) is 10.3 Å². The Morgan fingerprint density at radius 3 is 1.89 bits per heavy atom. The molecule has 0 atom stereocenters. The molecular weight excluding hydrogens is 275 g/mol. The Balaban J connectivity index is 2.09. The van der Waals surface area contributed by atoms with Crippen molar-refractivity contribution in [2.24, 2.45) is 0 Å². The second-order valence-electron chi connectivity index (χ2n) is 3.57. The second kappa shape index (κ2) is 4.47. The molecule has 3 heterocycles. The zero-order chi connectivity index (χ0) is 12.5. The molecule has 6 nitrogen and oxygen atoms in total. The predicted molar refractivity (Wildman–Crippen MR) is 66.5 cm³/mol. The first-order valence-electron chi connectivity index (χ1n) is 5.14. The van der Waals surface area contributed by atoms with Crippen LogP contribution >= 0.6 is 23.2 Å². The lowest BCUT2D eigenvalue weighted by atomic mass is 10.7. The maximum atomic E-state index is 5.84. The molecule has 0 radical (unpaired) electrons. The van der Waals surface area contributed by atoms with Crippen LogP contribution in [0.2, 0.25) is 10.3 Å². The molecule has 0 fully saturated rings. The monoisotopic (exact) mass is 282 g/mol. The normalized spacial score (nSPS) is 11.3. The van der Waals surface area contributed by atoms with Gasteiger partial charge in [0.25, 0.3) is 0 Å². The molecule has 0 bridgehead atoms. The topological polar surface area (TPSA) is 53.5 Å². The fourth-order valence-electron chi connectivity index (χ4n) is 1.67. The quantitative estimate of drug-likeness (QED) is 0.740.